The molecule has 0 aliphatic carbocycles. The Hall–Kier alpha value is -0.540. The summed E-state index contributed by atoms with van der Waals surface area (Å²) < 4.78 is 0.886. The SMILES string of the molecule is N=C1CCCN1c1ccc(Cl)c(Br)c1. The summed E-state index contributed by atoms with van der Waals surface area (Å²) in [6, 6.07) is 5.77. The number of nitrogens with one attached hydrogen (secondary N) is 1. The van der Waals surface area contributed by atoms with Crippen LogP contribution in [0.1, 0.15) is 12.8 Å². The predicted octanol–water partition coefficient (Wildman–Crippen LogP) is 3.68. The summed E-state index contributed by atoms with van der Waals surface area (Å²) in [5.74, 6) is 0.694. The van der Waals surface area contributed by atoms with E-state index in [9.17, 15) is 0 Å². The first-order valence-corrected chi connectivity index (χ1v) is 5.65. The number of amidine groups is 1. The minimum atomic E-state index is 0.694. The van der Waals surface area contributed by atoms with Crippen LogP contribution in [0.25, 0.3) is 0 Å². The zero-order chi connectivity index (χ0) is 10.1. The Kier molecular flexibility index (Phi) is 2.79. The van der Waals surface area contributed by atoms with Crippen LogP contribution in [0.2, 0.25) is 5.02 Å². The van der Waals surface area contributed by atoms with Crippen LogP contribution in [0.5, 0.6) is 0 Å². The standard InChI is InChI=1S/C10H10BrClN2/c11-8-6-7(3-4-9(8)12)14-5-1-2-10(14)13/h3-4,6,13H,1-2,5H2. The maximum atomic E-state index is 7.75. The van der Waals surface area contributed by atoms with Gasteiger partial charge in [-0.15, -0.1) is 0 Å². The van der Waals surface area contributed by atoms with Gasteiger partial charge in [0.2, 0.25) is 0 Å². The molecule has 74 valence electrons. The Labute approximate surface area is 96.5 Å². The van der Waals surface area contributed by atoms with Crippen molar-refractivity contribution in [2.45, 2.75) is 12.8 Å². The molecule has 1 aliphatic heterocycles. The smallest absolute Gasteiger partial charge is 0.100 e. The number of hydrogen-bond acceptors (Lipinski definition) is 1. The van der Waals surface area contributed by atoms with Crippen molar-refractivity contribution in [1.82, 2.24) is 0 Å². The molecule has 1 aromatic carbocycles. The zero-order valence-corrected chi connectivity index (χ0v) is 9.90. The summed E-state index contributed by atoms with van der Waals surface area (Å²) in [5, 5.41) is 8.45. The van der Waals surface area contributed by atoms with Gasteiger partial charge in [-0.25, -0.2) is 0 Å². The summed E-state index contributed by atoms with van der Waals surface area (Å²) in [4.78, 5) is 2.01. The molecule has 1 fully saturated rings. The lowest BCUT2D eigenvalue weighted by Gasteiger charge is -2.18. The summed E-state index contributed by atoms with van der Waals surface area (Å²) in [6.45, 7) is 0.937. The Balaban J connectivity index is 2.32. The van der Waals surface area contributed by atoms with Gasteiger partial charge in [0.25, 0.3) is 0 Å². The average molecular weight is 274 g/mol. The van der Waals surface area contributed by atoms with Crippen molar-refractivity contribution < 1.29 is 0 Å². The van der Waals surface area contributed by atoms with Crippen LogP contribution in [0.4, 0.5) is 5.69 Å². The highest BCUT2D eigenvalue weighted by molar-refractivity contribution is 9.10. The van der Waals surface area contributed by atoms with E-state index in [2.05, 4.69) is 15.9 Å². The summed E-state index contributed by atoms with van der Waals surface area (Å²) in [7, 11) is 0. The van der Waals surface area contributed by atoms with Crippen LogP contribution in [0.15, 0.2) is 22.7 Å². The first kappa shape index (κ1) is 9.99. The highest BCUT2D eigenvalue weighted by Gasteiger charge is 2.18. The normalized spacial score (nSPS) is 16.4. The highest BCUT2D eigenvalue weighted by atomic mass is 79.9. The predicted molar refractivity (Wildman–Crippen MR) is 63.5 cm³/mol. The van der Waals surface area contributed by atoms with Crippen LogP contribution < -0.4 is 4.90 Å². The van der Waals surface area contributed by atoms with Gasteiger partial charge in [0.05, 0.1) is 5.02 Å². The zero-order valence-electron chi connectivity index (χ0n) is 7.56. The maximum absolute atomic E-state index is 7.75. The minimum Gasteiger partial charge on any atom is -0.330 e. The van der Waals surface area contributed by atoms with Crippen molar-refractivity contribution in [3.8, 4) is 0 Å². The van der Waals surface area contributed by atoms with Crippen molar-refractivity contribution in [1.29, 1.82) is 5.41 Å². The fraction of sp³-hybridized carbons (Fsp3) is 0.300. The summed E-state index contributed by atoms with van der Waals surface area (Å²) >= 11 is 9.29. The van der Waals surface area contributed by atoms with E-state index in [0.717, 1.165) is 29.5 Å². The fourth-order valence-corrected chi connectivity index (χ4v) is 2.10. The molecule has 0 amide bonds. The van der Waals surface area contributed by atoms with Crippen LogP contribution in [-0.2, 0) is 0 Å². The van der Waals surface area contributed by atoms with Crippen LogP contribution in [0.3, 0.4) is 0 Å². The highest BCUT2D eigenvalue weighted by Crippen LogP contribution is 2.29. The molecule has 0 unspecified atom stereocenters. The number of nitrogens with zero attached hydrogens (tertiary/aromatic N) is 1. The molecule has 0 atom stereocenters. The molecule has 0 radical (unpaired) electrons. The second-order valence-electron chi connectivity index (χ2n) is 3.30. The third-order valence-electron chi connectivity index (χ3n) is 2.34. The van der Waals surface area contributed by atoms with Crippen molar-refractivity contribution in [3.05, 3.63) is 27.7 Å². The second kappa shape index (κ2) is 3.91. The molecule has 0 aromatic heterocycles. The molecule has 0 spiro atoms. The third kappa shape index (κ3) is 1.79. The first-order valence-electron chi connectivity index (χ1n) is 4.48. The fourth-order valence-electron chi connectivity index (χ4n) is 1.61. The quantitative estimate of drug-likeness (QED) is 0.830. The van der Waals surface area contributed by atoms with E-state index in [1.165, 1.54) is 0 Å². The van der Waals surface area contributed by atoms with Gasteiger partial charge in [0.15, 0.2) is 0 Å². The van der Waals surface area contributed by atoms with Gasteiger partial charge in [-0.3, -0.25) is 5.41 Å². The van der Waals surface area contributed by atoms with E-state index in [4.69, 9.17) is 17.0 Å². The van der Waals surface area contributed by atoms with Gasteiger partial charge < -0.3 is 4.90 Å². The molecule has 0 saturated carbocycles. The topological polar surface area (TPSA) is 27.1 Å². The van der Waals surface area contributed by atoms with E-state index in [-0.39, 0.29) is 0 Å². The van der Waals surface area contributed by atoms with Gasteiger partial charge in [-0.05, 0) is 40.5 Å². The number of hydrogen-bond donors (Lipinski definition) is 1. The van der Waals surface area contributed by atoms with E-state index in [1.54, 1.807) is 0 Å². The molecule has 2 nitrogen and oxygen atoms in total. The molecule has 1 aliphatic rings. The molecule has 0 bridgehead atoms. The molecule has 14 heavy (non-hydrogen) atoms. The van der Waals surface area contributed by atoms with E-state index in [1.807, 2.05) is 23.1 Å². The minimum absolute atomic E-state index is 0.694. The van der Waals surface area contributed by atoms with E-state index in [0.29, 0.717) is 10.9 Å². The van der Waals surface area contributed by atoms with Crippen molar-refractivity contribution in [3.63, 3.8) is 0 Å². The van der Waals surface area contributed by atoms with E-state index >= 15 is 0 Å². The van der Waals surface area contributed by atoms with Crippen molar-refractivity contribution in [2.24, 2.45) is 0 Å². The molecule has 1 aromatic rings. The Morgan fingerprint density at radius 1 is 1.43 bits per heavy atom. The molecule has 4 heteroatoms. The number of anilines is 1. The third-order valence-corrected chi connectivity index (χ3v) is 3.55. The first-order chi connectivity index (χ1) is 6.68. The monoisotopic (exact) mass is 272 g/mol. The summed E-state index contributed by atoms with van der Waals surface area (Å²) in [6.07, 6.45) is 1.94. The lowest BCUT2D eigenvalue weighted by Crippen LogP contribution is -2.22. The van der Waals surface area contributed by atoms with Crippen molar-refractivity contribution in [2.75, 3.05) is 11.4 Å². The van der Waals surface area contributed by atoms with Gasteiger partial charge >= 0.3 is 0 Å². The molecule has 1 N–H and O–H groups in total. The Bertz CT molecular complexity index is 378. The van der Waals surface area contributed by atoms with Gasteiger partial charge in [0.1, 0.15) is 5.84 Å². The number of rotatable bonds is 1. The van der Waals surface area contributed by atoms with Crippen LogP contribution >= 0.6 is 27.5 Å². The largest absolute Gasteiger partial charge is 0.330 e. The van der Waals surface area contributed by atoms with Crippen LogP contribution in [0, 0.1) is 5.41 Å². The maximum Gasteiger partial charge on any atom is 0.100 e. The van der Waals surface area contributed by atoms with Gasteiger partial charge in [-0.1, -0.05) is 11.6 Å². The molecule has 2 rings (SSSR count). The molecule has 1 heterocycles. The van der Waals surface area contributed by atoms with Crippen LogP contribution in [-0.4, -0.2) is 12.4 Å². The van der Waals surface area contributed by atoms with E-state index < -0.39 is 0 Å². The number of benzene rings is 1. The average Bonchev–Trinajstić information content (AvgIpc) is 2.57. The van der Waals surface area contributed by atoms with Gasteiger partial charge in [-0.2, -0.15) is 0 Å². The Morgan fingerprint density at radius 3 is 2.79 bits per heavy atom. The van der Waals surface area contributed by atoms with Gasteiger partial charge in [0, 0.05) is 23.1 Å². The second-order valence-corrected chi connectivity index (χ2v) is 4.56. The lowest BCUT2D eigenvalue weighted by molar-refractivity contribution is 0.956. The Morgan fingerprint density at radius 2 is 2.21 bits per heavy atom. The summed E-state index contributed by atoms with van der Waals surface area (Å²) in [5.41, 5.74) is 1.05. The van der Waals surface area contributed by atoms with Crippen molar-refractivity contribution >= 4 is 39.1 Å². The molecular formula is C10H10BrClN2. The number of halogens is 2. The molecular weight excluding hydrogens is 263 g/mol. The molecule has 1 saturated heterocycles. The lowest BCUT2D eigenvalue weighted by atomic mass is 10.3.